The van der Waals surface area contributed by atoms with Gasteiger partial charge in [-0.1, -0.05) is 20.8 Å². The van der Waals surface area contributed by atoms with Gasteiger partial charge < -0.3 is 18.8 Å². The highest BCUT2D eigenvalue weighted by atomic mass is 28.4. The normalized spacial score (nSPS) is 12.2. The van der Waals surface area contributed by atoms with Crippen LogP contribution in [0.4, 0.5) is 20.3 Å². The molecule has 0 amide bonds. The minimum atomic E-state index is -2.00. The highest BCUT2D eigenvalue weighted by molar-refractivity contribution is 6.74. The van der Waals surface area contributed by atoms with Crippen LogP contribution < -0.4 is 14.4 Å². The number of aromatic nitrogens is 4. The summed E-state index contributed by atoms with van der Waals surface area (Å²) in [7, 11) is 2.50. The van der Waals surface area contributed by atoms with Crippen LogP contribution in [0.3, 0.4) is 0 Å². The van der Waals surface area contributed by atoms with Crippen LogP contribution in [0.15, 0.2) is 42.9 Å². The standard InChI is InChI=1S/C29H37F2N5O3Si/c1-29(2,3)40(7,8)39-13-9-12-36(28-26(30)23(37-5)15-24(38-6)27(28)31)25-11-10-21-22(34-25)14-19(16-32-21)20-17-33-35(4)18-20/h10-11,14-18H,9,12-13H2,1-8H3. The molecule has 0 bridgehead atoms. The Morgan fingerprint density at radius 1 is 0.950 bits per heavy atom. The van der Waals surface area contributed by atoms with Crippen LogP contribution >= 0.6 is 0 Å². The Labute approximate surface area is 235 Å². The lowest BCUT2D eigenvalue weighted by Crippen LogP contribution is -2.41. The van der Waals surface area contributed by atoms with Gasteiger partial charge in [0, 0.05) is 49.8 Å². The number of ether oxygens (including phenoxy) is 2. The maximum Gasteiger partial charge on any atom is 0.191 e. The number of anilines is 2. The van der Waals surface area contributed by atoms with Crippen molar-refractivity contribution in [3.05, 3.63) is 54.5 Å². The molecule has 0 aliphatic rings. The fourth-order valence-corrected chi connectivity index (χ4v) is 5.18. The van der Waals surface area contributed by atoms with E-state index in [1.165, 1.54) is 25.2 Å². The number of hydrogen-bond acceptors (Lipinski definition) is 7. The quantitative estimate of drug-likeness (QED) is 0.152. The summed E-state index contributed by atoms with van der Waals surface area (Å²) in [4.78, 5) is 10.8. The molecule has 0 spiro atoms. The number of halogens is 2. The monoisotopic (exact) mass is 569 g/mol. The zero-order valence-electron chi connectivity index (χ0n) is 24.4. The summed E-state index contributed by atoms with van der Waals surface area (Å²) in [6.45, 7) is 11.6. The molecule has 0 fully saturated rings. The SMILES string of the molecule is COc1cc(OC)c(F)c(N(CCCO[Si](C)(C)C(C)(C)C)c2ccc3ncc(-c4cnn(C)c4)cc3n2)c1F. The van der Waals surface area contributed by atoms with Gasteiger partial charge >= 0.3 is 0 Å². The summed E-state index contributed by atoms with van der Waals surface area (Å²) < 4.78 is 49.9. The molecule has 8 nitrogen and oxygen atoms in total. The Morgan fingerprint density at radius 2 is 1.62 bits per heavy atom. The van der Waals surface area contributed by atoms with E-state index in [4.69, 9.17) is 18.9 Å². The van der Waals surface area contributed by atoms with Gasteiger partial charge in [0.15, 0.2) is 31.5 Å². The van der Waals surface area contributed by atoms with Gasteiger partial charge in [-0.2, -0.15) is 5.10 Å². The smallest absolute Gasteiger partial charge is 0.191 e. The van der Waals surface area contributed by atoms with Crippen molar-refractivity contribution in [2.24, 2.45) is 7.05 Å². The van der Waals surface area contributed by atoms with E-state index in [0.717, 1.165) is 11.1 Å². The molecule has 3 aromatic heterocycles. The molecule has 0 saturated heterocycles. The number of pyridine rings is 2. The number of benzene rings is 1. The average Bonchev–Trinajstić information content (AvgIpc) is 3.35. The van der Waals surface area contributed by atoms with Crippen molar-refractivity contribution in [2.75, 3.05) is 32.3 Å². The van der Waals surface area contributed by atoms with Crippen LogP contribution in [-0.2, 0) is 11.5 Å². The topological polar surface area (TPSA) is 74.5 Å². The van der Waals surface area contributed by atoms with Gasteiger partial charge in [-0.25, -0.2) is 13.8 Å². The van der Waals surface area contributed by atoms with Crippen LogP contribution in [0.5, 0.6) is 11.5 Å². The Bertz CT molecular complexity index is 1480. The predicted octanol–water partition coefficient (Wildman–Crippen LogP) is 6.88. The van der Waals surface area contributed by atoms with Crippen molar-refractivity contribution < 1.29 is 22.7 Å². The molecule has 214 valence electrons. The number of fused-ring (bicyclic) bond motifs is 1. The molecule has 0 unspecified atom stereocenters. The molecule has 0 aliphatic carbocycles. The highest BCUT2D eigenvalue weighted by Crippen LogP contribution is 2.40. The molecule has 0 atom stereocenters. The van der Waals surface area contributed by atoms with E-state index < -0.39 is 20.0 Å². The van der Waals surface area contributed by atoms with E-state index in [1.807, 2.05) is 19.3 Å². The van der Waals surface area contributed by atoms with Gasteiger partial charge in [0.1, 0.15) is 11.5 Å². The van der Waals surface area contributed by atoms with Gasteiger partial charge in [-0.3, -0.25) is 9.67 Å². The maximum absolute atomic E-state index is 15.7. The van der Waals surface area contributed by atoms with E-state index >= 15 is 8.78 Å². The Balaban J connectivity index is 1.76. The van der Waals surface area contributed by atoms with Gasteiger partial charge in [0.2, 0.25) is 0 Å². The zero-order valence-corrected chi connectivity index (χ0v) is 25.4. The van der Waals surface area contributed by atoms with Crippen LogP contribution in [0, 0.1) is 11.6 Å². The summed E-state index contributed by atoms with van der Waals surface area (Å²) >= 11 is 0. The number of nitrogens with zero attached hydrogens (tertiary/aromatic N) is 5. The summed E-state index contributed by atoms with van der Waals surface area (Å²) in [5.41, 5.74) is 2.66. The minimum Gasteiger partial charge on any atom is -0.493 e. The third-order valence-corrected chi connectivity index (χ3v) is 12.0. The van der Waals surface area contributed by atoms with Gasteiger partial charge in [-0.15, -0.1) is 0 Å². The first-order valence-electron chi connectivity index (χ1n) is 13.1. The molecule has 0 N–H and O–H groups in total. The first-order chi connectivity index (χ1) is 18.9. The third-order valence-electron chi connectivity index (χ3n) is 7.45. The van der Waals surface area contributed by atoms with Gasteiger partial charge in [0.05, 0.1) is 31.4 Å². The lowest BCUT2D eigenvalue weighted by Gasteiger charge is -2.36. The number of methoxy groups -OCH3 is 2. The summed E-state index contributed by atoms with van der Waals surface area (Å²) in [6, 6.07) is 6.58. The summed E-state index contributed by atoms with van der Waals surface area (Å²) in [6.07, 6.45) is 5.89. The molecule has 3 heterocycles. The van der Waals surface area contributed by atoms with Crippen molar-refractivity contribution >= 4 is 30.9 Å². The zero-order chi connectivity index (χ0) is 29.2. The van der Waals surface area contributed by atoms with E-state index in [9.17, 15) is 0 Å². The molecule has 1 aromatic carbocycles. The number of hydrogen-bond donors (Lipinski definition) is 0. The predicted molar refractivity (Wildman–Crippen MR) is 156 cm³/mol. The van der Waals surface area contributed by atoms with Crippen LogP contribution in [0.1, 0.15) is 27.2 Å². The van der Waals surface area contributed by atoms with Crippen molar-refractivity contribution in [2.45, 2.75) is 45.3 Å². The minimum absolute atomic E-state index is 0.0456. The van der Waals surface area contributed by atoms with E-state index in [-0.39, 0.29) is 28.8 Å². The van der Waals surface area contributed by atoms with E-state index in [1.54, 1.807) is 29.2 Å². The Hall–Kier alpha value is -3.57. The van der Waals surface area contributed by atoms with Gasteiger partial charge in [0.25, 0.3) is 0 Å². The summed E-state index contributed by atoms with van der Waals surface area (Å²) in [5, 5.41) is 4.27. The molecular weight excluding hydrogens is 532 g/mol. The number of rotatable bonds is 10. The lowest BCUT2D eigenvalue weighted by molar-refractivity contribution is 0.284. The molecule has 40 heavy (non-hydrogen) atoms. The third kappa shape index (κ3) is 5.95. The van der Waals surface area contributed by atoms with Crippen LogP contribution in [0.2, 0.25) is 18.1 Å². The van der Waals surface area contributed by atoms with Crippen molar-refractivity contribution in [3.8, 4) is 22.6 Å². The van der Waals surface area contributed by atoms with Crippen LogP contribution in [-0.4, -0.2) is 55.4 Å². The first kappa shape index (κ1) is 29.4. The molecule has 4 aromatic rings. The highest BCUT2D eigenvalue weighted by Gasteiger charge is 2.37. The number of aryl methyl sites for hydroxylation is 1. The second-order valence-corrected chi connectivity index (χ2v) is 16.0. The molecule has 4 rings (SSSR count). The lowest BCUT2D eigenvalue weighted by atomic mass is 10.1. The van der Waals surface area contributed by atoms with Crippen molar-refractivity contribution in [1.29, 1.82) is 0 Å². The Kier molecular flexibility index (Phi) is 8.45. The molecule has 0 saturated carbocycles. The second kappa shape index (κ2) is 11.5. The molecular formula is C29H37F2N5O3Si. The molecule has 0 aliphatic heterocycles. The molecule has 11 heteroatoms. The van der Waals surface area contributed by atoms with E-state index in [2.05, 4.69) is 43.9 Å². The fourth-order valence-electron chi connectivity index (χ4n) is 4.09. The van der Waals surface area contributed by atoms with Crippen molar-refractivity contribution in [1.82, 2.24) is 19.7 Å². The van der Waals surface area contributed by atoms with Crippen molar-refractivity contribution in [3.63, 3.8) is 0 Å². The maximum atomic E-state index is 15.7. The first-order valence-corrected chi connectivity index (χ1v) is 16.0. The second-order valence-electron chi connectivity index (χ2n) is 11.2. The fraction of sp³-hybridized carbons (Fsp3) is 0.414. The molecule has 0 radical (unpaired) electrons. The summed E-state index contributed by atoms with van der Waals surface area (Å²) in [5.74, 6) is -1.57. The van der Waals surface area contributed by atoms with Crippen LogP contribution in [0.25, 0.3) is 22.2 Å². The van der Waals surface area contributed by atoms with Gasteiger partial charge in [-0.05, 0) is 42.8 Å². The Morgan fingerprint density at radius 3 is 2.20 bits per heavy atom. The largest absolute Gasteiger partial charge is 0.493 e. The van der Waals surface area contributed by atoms with E-state index in [0.29, 0.717) is 29.9 Å². The average molecular weight is 570 g/mol.